The maximum Gasteiger partial charge on any atom is 0.233 e. The van der Waals surface area contributed by atoms with Crippen LogP contribution in [0.4, 0.5) is 0 Å². The quantitative estimate of drug-likeness (QED) is 0.888. The zero-order chi connectivity index (χ0) is 13.9. The Morgan fingerprint density at radius 1 is 1.47 bits per heavy atom. The highest BCUT2D eigenvalue weighted by atomic mass is 16.5. The number of aromatic nitrogens is 2. The van der Waals surface area contributed by atoms with Crippen LogP contribution >= 0.6 is 0 Å². The molecule has 1 aliphatic rings. The normalized spacial score (nSPS) is 25.7. The molecule has 1 aliphatic heterocycles. The summed E-state index contributed by atoms with van der Waals surface area (Å²) in [5.74, 6) is 1.75. The van der Waals surface area contributed by atoms with E-state index in [0.29, 0.717) is 18.3 Å². The number of nitrogens with zero attached hydrogens (tertiary/aromatic N) is 2. The highest BCUT2D eigenvalue weighted by Crippen LogP contribution is 2.31. The molecule has 108 valence electrons. The van der Waals surface area contributed by atoms with Gasteiger partial charge in [-0.05, 0) is 39.2 Å². The minimum atomic E-state index is -0.0809. The van der Waals surface area contributed by atoms with Gasteiger partial charge in [0.05, 0.1) is 5.41 Å². The molecule has 0 amide bonds. The van der Waals surface area contributed by atoms with E-state index in [1.807, 2.05) is 6.92 Å². The van der Waals surface area contributed by atoms with E-state index in [9.17, 15) is 0 Å². The molecule has 0 aromatic carbocycles. The highest BCUT2D eigenvalue weighted by Gasteiger charge is 2.35. The summed E-state index contributed by atoms with van der Waals surface area (Å²) in [4.78, 5) is 4.60. The van der Waals surface area contributed by atoms with Crippen LogP contribution in [0.2, 0.25) is 0 Å². The number of hydrogen-bond donors (Lipinski definition) is 1. The second-order valence-corrected chi connectivity index (χ2v) is 5.92. The summed E-state index contributed by atoms with van der Waals surface area (Å²) < 4.78 is 11.2. The summed E-state index contributed by atoms with van der Waals surface area (Å²) in [6.07, 6.45) is 2.15. The fraction of sp³-hybridized carbons (Fsp3) is 0.857. The lowest BCUT2D eigenvalue weighted by Crippen LogP contribution is -2.41. The lowest BCUT2D eigenvalue weighted by molar-refractivity contribution is 0.0217. The lowest BCUT2D eigenvalue weighted by atomic mass is 9.83. The second-order valence-electron chi connectivity index (χ2n) is 5.92. The van der Waals surface area contributed by atoms with E-state index < -0.39 is 0 Å². The Bertz CT molecular complexity index is 397. The number of nitrogens with one attached hydrogen (secondary N) is 1. The molecule has 0 radical (unpaired) electrons. The topological polar surface area (TPSA) is 60.2 Å². The van der Waals surface area contributed by atoms with Crippen molar-refractivity contribution in [2.24, 2.45) is 5.92 Å². The van der Waals surface area contributed by atoms with E-state index in [1.165, 1.54) is 0 Å². The largest absolute Gasteiger partial charge is 0.370 e. The molecule has 2 atom stereocenters. The van der Waals surface area contributed by atoms with E-state index in [2.05, 4.69) is 36.2 Å². The van der Waals surface area contributed by atoms with Crippen LogP contribution in [0, 0.1) is 5.92 Å². The molecular formula is C14H25N3O2. The first-order valence-electron chi connectivity index (χ1n) is 7.23. The van der Waals surface area contributed by atoms with Gasteiger partial charge >= 0.3 is 0 Å². The van der Waals surface area contributed by atoms with Gasteiger partial charge in [-0.3, -0.25) is 0 Å². The molecule has 19 heavy (non-hydrogen) atoms. The van der Waals surface area contributed by atoms with Crippen LogP contribution in [0.1, 0.15) is 58.4 Å². The molecule has 5 nitrogen and oxygen atoms in total. The highest BCUT2D eigenvalue weighted by molar-refractivity contribution is 5.07. The van der Waals surface area contributed by atoms with Gasteiger partial charge in [0.2, 0.25) is 11.7 Å². The van der Waals surface area contributed by atoms with Crippen LogP contribution in [0.15, 0.2) is 4.52 Å². The minimum Gasteiger partial charge on any atom is -0.370 e. The summed E-state index contributed by atoms with van der Waals surface area (Å²) in [6.45, 7) is 11.0. The third kappa shape index (κ3) is 3.15. The first kappa shape index (κ1) is 14.5. The Morgan fingerprint density at radius 2 is 2.26 bits per heavy atom. The predicted octanol–water partition coefficient (Wildman–Crippen LogP) is 2.44. The summed E-state index contributed by atoms with van der Waals surface area (Å²) in [5.41, 5.74) is -0.0444. The smallest absolute Gasteiger partial charge is 0.233 e. The van der Waals surface area contributed by atoms with Crippen molar-refractivity contribution in [1.82, 2.24) is 15.5 Å². The summed E-state index contributed by atoms with van der Waals surface area (Å²) >= 11 is 0. The van der Waals surface area contributed by atoms with Gasteiger partial charge < -0.3 is 14.6 Å². The molecule has 2 rings (SSSR count). The Balaban J connectivity index is 2.17. The summed E-state index contributed by atoms with van der Waals surface area (Å²) in [5, 5.41) is 7.54. The van der Waals surface area contributed by atoms with E-state index in [0.717, 1.165) is 31.8 Å². The number of rotatable bonds is 5. The fourth-order valence-electron chi connectivity index (χ4n) is 2.58. The van der Waals surface area contributed by atoms with E-state index in [4.69, 9.17) is 9.26 Å². The zero-order valence-corrected chi connectivity index (χ0v) is 12.4. The van der Waals surface area contributed by atoms with Gasteiger partial charge in [0.25, 0.3) is 0 Å². The third-order valence-corrected chi connectivity index (χ3v) is 3.76. The van der Waals surface area contributed by atoms with Crippen molar-refractivity contribution in [3.05, 3.63) is 11.7 Å². The molecule has 1 aromatic heterocycles. The number of hydrogen-bond acceptors (Lipinski definition) is 5. The first-order chi connectivity index (χ1) is 9.07. The predicted molar refractivity (Wildman–Crippen MR) is 73.0 cm³/mol. The van der Waals surface area contributed by atoms with Crippen molar-refractivity contribution < 1.29 is 9.26 Å². The maximum atomic E-state index is 5.72. The Morgan fingerprint density at radius 3 is 2.84 bits per heavy atom. The average molecular weight is 267 g/mol. The second kappa shape index (κ2) is 6.01. The van der Waals surface area contributed by atoms with Crippen molar-refractivity contribution >= 4 is 0 Å². The lowest BCUT2D eigenvalue weighted by Gasteiger charge is -2.30. The Labute approximate surface area is 115 Å². The van der Waals surface area contributed by atoms with Gasteiger partial charge in [0.15, 0.2) is 0 Å². The molecule has 1 saturated heterocycles. The molecule has 1 aromatic rings. The van der Waals surface area contributed by atoms with Gasteiger partial charge in [0, 0.05) is 13.2 Å². The van der Waals surface area contributed by atoms with Gasteiger partial charge in [-0.25, -0.2) is 0 Å². The van der Waals surface area contributed by atoms with Gasteiger partial charge in [0.1, 0.15) is 6.10 Å². The van der Waals surface area contributed by atoms with E-state index in [-0.39, 0.29) is 11.5 Å². The van der Waals surface area contributed by atoms with Crippen molar-refractivity contribution in [3.63, 3.8) is 0 Å². The molecule has 0 bridgehead atoms. The van der Waals surface area contributed by atoms with Crippen LogP contribution in [0.25, 0.3) is 0 Å². The van der Waals surface area contributed by atoms with Crippen LogP contribution < -0.4 is 5.32 Å². The Hall–Kier alpha value is -0.940. The van der Waals surface area contributed by atoms with Crippen molar-refractivity contribution in [2.45, 2.75) is 52.1 Å². The van der Waals surface area contributed by atoms with E-state index >= 15 is 0 Å². The monoisotopic (exact) mass is 267 g/mol. The number of ether oxygens (including phenoxy) is 1. The number of piperidine rings is 1. The van der Waals surface area contributed by atoms with E-state index in [1.54, 1.807) is 0 Å². The molecule has 2 unspecified atom stereocenters. The van der Waals surface area contributed by atoms with Crippen LogP contribution in [0.3, 0.4) is 0 Å². The molecule has 2 heterocycles. The fourth-order valence-corrected chi connectivity index (χ4v) is 2.58. The Kier molecular flexibility index (Phi) is 4.58. The first-order valence-corrected chi connectivity index (χ1v) is 7.23. The van der Waals surface area contributed by atoms with Crippen LogP contribution in [0.5, 0.6) is 0 Å². The average Bonchev–Trinajstić information content (AvgIpc) is 2.86. The third-order valence-electron chi connectivity index (χ3n) is 3.76. The van der Waals surface area contributed by atoms with Gasteiger partial charge in [-0.15, -0.1) is 0 Å². The van der Waals surface area contributed by atoms with Crippen molar-refractivity contribution in [2.75, 3.05) is 19.7 Å². The van der Waals surface area contributed by atoms with Crippen LogP contribution in [-0.2, 0) is 10.2 Å². The minimum absolute atomic E-state index is 0.0444. The maximum absolute atomic E-state index is 5.72. The van der Waals surface area contributed by atoms with Crippen molar-refractivity contribution in [1.29, 1.82) is 0 Å². The zero-order valence-electron chi connectivity index (χ0n) is 12.4. The SMILES string of the molecule is CCOC(c1noc(C2(C)CCCNC2)n1)C(C)C. The summed E-state index contributed by atoms with van der Waals surface area (Å²) in [7, 11) is 0. The standard InChI is InChI=1S/C14H25N3O2/c1-5-18-11(10(2)3)12-16-13(19-17-12)14(4)7-6-8-15-9-14/h10-11,15H,5-9H2,1-4H3. The van der Waals surface area contributed by atoms with Gasteiger partial charge in [-0.2, -0.15) is 4.98 Å². The summed E-state index contributed by atoms with van der Waals surface area (Å²) in [6, 6.07) is 0. The van der Waals surface area contributed by atoms with Crippen molar-refractivity contribution in [3.8, 4) is 0 Å². The molecule has 1 fully saturated rings. The molecule has 5 heteroatoms. The molecule has 0 aliphatic carbocycles. The molecular weight excluding hydrogens is 242 g/mol. The van der Waals surface area contributed by atoms with Crippen LogP contribution in [-0.4, -0.2) is 29.8 Å². The van der Waals surface area contributed by atoms with Gasteiger partial charge in [-0.1, -0.05) is 19.0 Å². The molecule has 1 N–H and O–H groups in total. The molecule has 0 spiro atoms. The molecule has 0 saturated carbocycles.